The molecule has 1 aromatic heterocycles. The first-order chi connectivity index (χ1) is 12.0. The lowest BCUT2D eigenvalue weighted by atomic mass is 9.90. The van der Waals surface area contributed by atoms with Gasteiger partial charge < -0.3 is 10.2 Å². The van der Waals surface area contributed by atoms with E-state index in [0.29, 0.717) is 6.42 Å². The molecule has 1 heterocycles. The SMILES string of the molecule is CC(=O)N(C)C1CCCC(NC(=O)Cc2cccc3cccnc23)C1. The summed E-state index contributed by atoms with van der Waals surface area (Å²) < 4.78 is 0. The van der Waals surface area contributed by atoms with Gasteiger partial charge in [0.15, 0.2) is 0 Å². The fraction of sp³-hybridized carbons (Fsp3) is 0.450. The van der Waals surface area contributed by atoms with Gasteiger partial charge in [-0.2, -0.15) is 0 Å². The molecule has 2 amide bonds. The van der Waals surface area contributed by atoms with Crippen LogP contribution in [0.3, 0.4) is 0 Å². The summed E-state index contributed by atoms with van der Waals surface area (Å²) in [5, 5.41) is 4.20. The molecule has 2 unspecified atom stereocenters. The van der Waals surface area contributed by atoms with Crippen LogP contribution in [0.15, 0.2) is 36.5 Å². The minimum absolute atomic E-state index is 0.0225. The van der Waals surface area contributed by atoms with Gasteiger partial charge in [-0.3, -0.25) is 14.6 Å². The van der Waals surface area contributed by atoms with E-state index in [9.17, 15) is 9.59 Å². The Labute approximate surface area is 148 Å². The van der Waals surface area contributed by atoms with E-state index < -0.39 is 0 Å². The fourth-order valence-corrected chi connectivity index (χ4v) is 3.67. The lowest BCUT2D eigenvalue weighted by Gasteiger charge is -2.35. The van der Waals surface area contributed by atoms with E-state index in [1.807, 2.05) is 37.4 Å². The van der Waals surface area contributed by atoms with Gasteiger partial charge in [0, 0.05) is 37.6 Å². The zero-order valence-electron chi connectivity index (χ0n) is 14.9. The van der Waals surface area contributed by atoms with E-state index in [4.69, 9.17) is 0 Å². The lowest BCUT2D eigenvalue weighted by molar-refractivity contribution is -0.130. The van der Waals surface area contributed by atoms with Crippen LogP contribution in [-0.4, -0.2) is 40.8 Å². The third-order valence-electron chi connectivity index (χ3n) is 5.12. The number of hydrogen-bond acceptors (Lipinski definition) is 3. The van der Waals surface area contributed by atoms with Gasteiger partial charge in [0.25, 0.3) is 0 Å². The van der Waals surface area contributed by atoms with Crippen molar-refractivity contribution in [2.75, 3.05) is 7.05 Å². The van der Waals surface area contributed by atoms with E-state index in [2.05, 4.69) is 10.3 Å². The molecule has 1 aromatic carbocycles. The van der Waals surface area contributed by atoms with Crippen molar-refractivity contribution in [3.63, 3.8) is 0 Å². The fourth-order valence-electron chi connectivity index (χ4n) is 3.67. The second kappa shape index (κ2) is 7.64. The van der Waals surface area contributed by atoms with Gasteiger partial charge in [-0.05, 0) is 37.3 Å². The maximum atomic E-state index is 12.5. The van der Waals surface area contributed by atoms with Crippen LogP contribution in [0.2, 0.25) is 0 Å². The molecule has 0 radical (unpaired) electrons. The molecule has 0 spiro atoms. The highest BCUT2D eigenvalue weighted by Gasteiger charge is 2.27. The van der Waals surface area contributed by atoms with Gasteiger partial charge in [0.2, 0.25) is 11.8 Å². The van der Waals surface area contributed by atoms with Crippen LogP contribution in [0.5, 0.6) is 0 Å². The van der Waals surface area contributed by atoms with Crippen molar-refractivity contribution in [1.82, 2.24) is 15.2 Å². The Morgan fingerprint density at radius 1 is 1.24 bits per heavy atom. The molecule has 0 aliphatic heterocycles. The van der Waals surface area contributed by atoms with E-state index in [0.717, 1.165) is 42.1 Å². The molecule has 0 saturated heterocycles. The second-order valence-corrected chi connectivity index (χ2v) is 6.88. The first kappa shape index (κ1) is 17.4. The van der Waals surface area contributed by atoms with Gasteiger partial charge >= 0.3 is 0 Å². The minimum Gasteiger partial charge on any atom is -0.353 e. The van der Waals surface area contributed by atoms with Crippen LogP contribution in [0.1, 0.15) is 38.2 Å². The van der Waals surface area contributed by atoms with E-state index in [1.165, 1.54) is 0 Å². The number of rotatable bonds is 4. The number of carbonyl (C=O) groups excluding carboxylic acids is 2. The van der Waals surface area contributed by atoms with Crippen molar-refractivity contribution in [1.29, 1.82) is 0 Å². The highest BCUT2D eigenvalue weighted by atomic mass is 16.2. The summed E-state index contributed by atoms with van der Waals surface area (Å²) >= 11 is 0. The standard InChI is InChI=1S/C20H25N3O2/c1-14(24)23(2)18-10-4-9-17(13-18)22-19(25)12-16-7-3-6-15-8-5-11-21-20(15)16/h3,5-8,11,17-18H,4,9-10,12-13H2,1-2H3,(H,22,25). The molecule has 5 heteroatoms. The Balaban J connectivity index is 1.63. The molecule has 1 fully saturated rings. The Bertz CT molecular complexity index is 769. The average molecular weight is 339 g/mol. The number of carbonyl (C=O) groups is 2. The number of nitrogens with zero attached hydrogens (tertiary/aromatic N) is 2. The van der Waals surface area contributed by atoms with E-state index in [1.54, 1.807) is 18.0 Å². The summed E-state index contributed by atoms with van der Waals surface area (Å²) in [6, 6.07) is 10.2. The molecule has 1 aliphatic rings. The summed E-state index contributed by atoms with van der Waals surface area (Å²) in [6.07, 6.45) is 5.93. The third-order valence-corrected chi connectivity index (χ3v) is 5.12. The number of nitrogens with one attached hydrogen (secondary N) is 1. The first-order valence-electron chi connectivity index (χ1n) is 8.90. The summed E-state index contributed by atoms with van der Waals surface area (Å²) in [5.41, 5.74) is 1.83. The van der Waals surface area contributed by atoms with Crippen LogP contribution in [0.4, 0.5) is 0 Å². The Morgan fingerprint density at radius 3 is 2.84 bits per heavy atom. The molecular weight excluding hydrogens is 314 g/mol. The summed E-state index contributed by atoms with van der Waals surface area (Å²) in [6.45, 7) is 1.59. The summed E-state index contributed by atoms with van der Waals surface area (Å²) in [4.78, 5) is 30.3. The molecule has 1 aliphatic carbocycles. The molecule has 2 aromatic rings. The first-order valence-corrected chi connectivity index (χ1v) is 8.90. The Kier molecular flexibility index (Phi) is 5.31. The molecule has 0 bridgehead atoms. The average Bonchev–Trinajstić information content (AvgIpc) is 2.61. The molecule has 25 heavy (non-hydrogen) atoms. The van der Waals surface area contributed by atoms with Crippen molar-refractivity contribution in [3.05, 3.63) is 42.1 Å². The monoisotopic (exact) mass is 339 g/mol. The number of benzene rings is 1. The summed E-state index contributed by atoms with van der Waals surface area (Å²) in [7, 11) is 1.85. The van der Waals surface area contributed by atoms with Crippen LogP contribution in [0.25, 0.3) is 10.9 Å². The predicted octanol–water partition coefficient (Wildman–Crippen LogP) is 2.68. The van der Waals surface area contributed by atoms with Gasteiger partial charge in [-0.1, -0.05) is 24.3 Å². The molecule has 1 N–H and O–H groups in total. The van der Waals surface area contributed by atoms with Crippen molar-refractivity contribution < 1.29 is 9.59 Å². The maximum Gasteiger partial charge on any atom is 0.224 e. The van der Waals surface area contributed by atoms with Gasteiger partial charge in [-0.15, -0.1) is 0 Å². The number of amides is 2. The number of para-hydroxylation sites is 1. The quantitative estimate of drug-likeness (QED) is 0.931. The van der Waals surface area contributed by atoms with Crippen LogP contribution in [-0.2, 0) is 16.0 Å². The van der Waals surface area contributed by atoms with Crippen molar-refractivity contribution in [2.45, 2.75) is 51.1 Å². The normalized spacial score (nSPS) is 20.2. The van der Waals surface area contributed by atoms with Crippen LogP contribution >= 0.6 is 0 Å². The molecule has 1 saturated carbocycles. The van der Waals surface area contributed by atoms with Crippen LogP contribution < -0.4 is 5.32 Å². The van der Waals surface area contributed by atoms with E-state index >= 15 is 0 Å². The van der Waals surface area contributed by atoms with E-state index in [-0.39, 0.29) is 23.9 Å². The largest absolute Gasteiger partial charge is 0.353 e. The van der Waals surface area contributed by atoms with Crippen molar-refractivity contribution in [3.8, 4) is 0 Å². The molecule has 5 nitrogen and oxygen atoms in total. The zero-order valence-corrected chi connectivity index (χ0v) is 14.9. The second-order valence-electron chi connectivity index (χ2n) is 6.88. The predicted molar refractivity (Wildman–Crippen MR) is 98.1 cm³/mol. The van der Waals surface area contributed by atoms with Gasteiger partial charge in [0.05, 0.1) is 11.9 Å². The van der Waals surface area contributed by atoms with Crippen LogP contribution in [0, 0.1) is 0 Å². The number of aromatic nitrogens is 1. The minimum atomic E-state index is 0.0225. The molecule has 132 valence electrons. The topological polar surface area (TPSA) is 62.3 Å². The maximum absolute atomic E-state index is 12.5. The molecule has 2 atom stereocenters. The Hall–Kier alpha value is -2.43. The summed E-state index contributed by atoms with van der Waals surface area (Å²) in [5.74, 6) is 0.105. The van der Waals surface area contributed by atoms with Crippen molar-refractivity contribution in [2.24, 2.45) is 0 Å². The van der Waals surface area contributed by atoms with Gasteiger partial charge in [0.1, 0.15) is 0 Å². The smallest absolute Gasteiger partial charge is 0.224 e. The molecular formula is C20H25N3O2. The number of fused-ring (bicyclic) bond motifs is 1. The third kappa shape index (κ3) is 4.16. The van der Waals surface area contributed by atoms with Crippen molar-refractivity contribution >= 4 is 22.7 Å². The molecule has 3 rings (SSSR count). The lowest BCUT2D eigenvalue weighted by Crippen LogP contribution is -2.46. The van der Waals surface area contributed by atoms with Gasteiger partial charge in [-0.25, -0.2) is 0 Å². The highest BCUT2D eigenvalue weighted by molar-refractivity contribution is 5.87. The number of pyridine rings is 1. The Morgan fingerprint density at radius 2 is 2.04 bits per heavy atom. The zero-order chi connectivity index (χ0) is 17.8. The number of hydrogen-bond donors (Lipinski definition) is 1. The highest BCUT2D eigenvalue weighted by Crippen LogP contribution is 2.23.